The van der Waals surface area contributed by atoms with Crippen LogP contribution in [0.2, 0.25) is 0 Å². The fourth-order valence-electron chi connectivity index (χ4n) is 1.18. The molecule has 1 atom stereocenters. The normalized spacial score (nSPS) is 19.8. The van der Waals surface area contributed by atoms with E-state index in [0.29, 0.717) is 10.7 Å². The van der Waals surface area contributed by atoms with E-state index in [-0.39, 0.29) is 0 Å². The molecule has 14 heavy (non-hydrogen) atoms. The molecule has 68 valence electrons. The van der Waals surface area contributed by atoms with Crippen molar-refractivity contribution in [1.29, 1.82) is 10.0 Å². The second kappa shape index (κ2) is 3.56. The lowest BCUT2D eigenvalue weighted by Gasteiger charge is -1.99. The molecule has 0 saturated carbocycles. The molecule has 0 spiro atoms. The minimum Gasteiger partial charge on any atom is -0.270 e. The Bertz CT molecular complexity index is 480. The van der Waals surface area contributed by atoms with E-state index >= 15 is 0 Å². The molecule has 1 heterocycles. The van der Waals surface area contributed by atoms with E-state index in [1.807, 2.05) is 36.4 Å². The smallest absolute Gasteiger partial charge is 0.149 e. The molecule has 4 heteroatoms. The minimum atomic E-state index is -0.776. The van der Waals surface area contributed by atoms with Crippen molar-refractivity contribution in [3.63, 3.8) is 0 Å². The van der Waals surface area contributed by atoms with Crippen molar-refractivity contribution in [2.45, 2.75) is 0 Å². The van der Waals surface area contributed by atoms with Gasteiger partial charge in [0.25, 0.3) is 0 Å². The lowest BCUT2D eigenvalue weighted by molar-refractivity contribution is 1.40. The molecule has 1 aromatic rings. The average Bonchev–Trinajstić information content (AvgIpc) is 2.61. The van der Waals surface area contributed by atoms with Gasteiger partial charge in [0.05, 0.1) is 0 Å². The molecule has 0 aromatic heterocycles. The maximum atomic E-state index is 8.64. The summed E-state index contributed by atoms with van der Waals surface area (Å²) in [6, 6.07) is 11.5. The van der Waals surface area contributed by atoms with Crippen LogP contribution in [0.15, 0.2) is 46.4 Å². The van der Waals surface area contributed by atoms with Crippen molar-refractivity contribution < 1.29 is 0 Å². The van der Waals surface area contributed by atoms with Gasteiger partial charge in [-0.05, 0) is 10.7 Å². The van der Waals surface area contributed by atoms with Gasteiger partial charge in [-0.15, -0.1) is 0 Å². The quantitative estimate of drug-likeness (QED) is 0.743. The fourth-order valence-corrected chi connectivity index (χ4v) is 2.20. The molecule has 0 bridgehead atoms. The maximum absolute atomic E-state index is 8.64. The molecule has 1 aliphatic heterocycles. The average molecular weight is 201 g/mol. The lowest BCUT2D eigenvalue weighted by Crippen LogP contribution is -2.01. The van der Waals surface area contributed by atoms with Gasteiger partial charge in [-0.25, -0.2) is 4.99 Å². The van der Waals surface area contributed by atoms with Crippen LogP contribution in [0.5, 0.6) is 0 Å². The zero-order valence-corrected chi connectivity index (χ0v) is 8.08. The molecule has 0 amide bonds. The van der Waals surface area contributed by atoms with Gasteiger partial charge in [0.15, 0.2) is 0 Å². The minimum absolute atomic E-state index is 0.349. The lowest BCUT2D eigenvalue weighted by atomic mass is 10.2. The molecular weight excluding hydrogens is 194 g/mol. The standard InChI is InChI=1S/C10H7N3S/c11-6-9-7-14(12)10(13-9)8-4-2-1-3-5-8/h1-5,7,12H. The fraction of sp³-hybridized carbons (Fsp3) is 0. The van der Waals surface area contributed by atoms with Crippen LogP contribution in [0.3, 0.4) is 0 Å². The van der Waals surface area contributed by atoms with Gasteiger partial charge < -0.3 is 0 Å². The molecule has 1 aliphatic rings. The summed E-state index contributed by atoms with van der Waals surface area (Å²) in [5.41, 5.74) is 1.27. The number of nitrogens with one attached hydrogen (secondary N) is 1. The number of benzene rings is 1. The number of hydrogen-bond donors (Lipinski definition) is 1. The van der Waals surface area contributed by atoms with Crippen molar-refractivity contribution in [2.75, 3.05) is 0 Å². The Morgan fingerprint density at radius 2 is 2.00 bits per heavy atom. The SMILES string of the molecule is N#CC1=CS(=N)C(c2ccccc2)=N1. The molecule has 0 fully saturated rings. The molecule has 0 saturated heterocycles. The molecular formula is C10H7N3S. The van der Waals surface area contributed by atoms with E-state index in [2.05, 4.69) is 4.99 Å². The van der Waals surface area contributed by atoms with Crippen LogP contribution in [0, 0.1) is 16.1 Å². The van der Waals surface area contributed by atoms with Gasteiger partial charge in [0, 0.05) is 11.0 Å². The van der Waals surface area contributed by atoms with Crippen LogP contribution in [0.1, 0.15) is 5.56 Å². The van der Waals surface area contributed by atoms with E-state index in [1.165, 1.54) is 0 Å². The second-order valence-corrected chi connectivity index (χ2v) is 4.03. The summed E-state index contributed by atoms with van der Waals surface area (Å²) in [6.45, 7) is 0. The summed E-state index contributed by atoms with van der Waals surface area (Å²) in [5.74, 6) is 0. The Morgan fingerprint density at radius 3 is 2.57 bits per heavy atom. The van der Waals surface area contributed by atoms with Gasteiger partial charge in [0.1, 0.15) is 16.8 Å². The molecule has 0 radical (unpaired) electrons. The zero-order chi connectivity index (χ0) is 9.97. The Labute approximate surface area is 84.3 Å². The maximum Gasteiger partial charge on any atom is 0.149 e. The number of allylic oxidation sites excluding steroid dienone is 1. The highest BCUT2D eigenvalue weighted by Gasteiger charge is 2.14. The summed E-state index contributed by atoms with van der Waals surface area (Å²) < 4.78 is 7.73. The van der Waals surface area contributed by atoms with Crippen molar-refractivity contribution >= 4 is 15.7 Å². The third-order valence-electron chi connectivity index (χ3n) is 1.80. The number of nitriles is 1. The molecule has 1 unspecified atom stereocenters. The monoisotopic (exact) mass is 201 g/mol. The van der Waals surface area contributed by atoms with Crippen molar-refractivity contribution in [1.82, 2.24) is 0 Å². The van der Waals surface area contributed by atoms with Crippen LogP contribution in [0.25, 0.3) is 0 Å². The third-order valence-corrected chi connectivity index (χ3v) is 3.00. The van der Waals surface area contributed by atoms with E-state index in [9.17, 15) is 0 Å². The van der Waals surface area contributed by atoms with Crippen LogP contribution in [-0.2, 0) is 10.7 Å². The summed E-state index contributed by atoms with van der Waals surface area (Å²) >= 11 is 0. The molecule has 0 aliphatic carbocycles. The molecule has 1 N–H and O–H groups in total. The summed E-state index contributed by atoms with van der Waals surface area (Å²) in [7, 11) is -0.776. The highest BCUT2D eigenvalue weighted by molar-refractivity contribution is 8.05. The topological polar surface area (TPSA) is 60.0 Å². The van der Waals surface area contributed by atoms with E-state index in [0.717, 1.165) is 5.56 Å². The van der Waals surface area contributed by atoms with Gasteiger partial charge in [-0.1, -0.05) is 30.3 Å². The van der Waals surface area contributed by atoms with Gasteiger partial charge in [-0.3, -0.25) is 4.78 Å². The Balaban J connectivity index is 2.42. The second-order valence-electron chi connectivity index (χ2n) is 2.74. The van der Waals surface area contributed by atoms with Crippen LogP contribution >= 0.6 is 0 Å². The van der Waals surface area contributed by atoms with Gasteiger partial charge in [0.2, 0.25) is 0 Å². The Kier molecular flexibility index (Phi) is 2.25. The highest BCUT2D eigenvalue weighted by Crippen LogP contribution is 2.16. The van der Waals surface area contributed by atoms with Crippen LogP contribution in [-0.4, -0.2) is 5.04 Å². The first-order chi connectivity index (χ1) is 6.81. The van der Waals surface area contributed by atoms with E-state index in [1.54, 1.807) is 5.41 Å². The van der Waals surface area contributed by atoms with E-state index in [4.69, 9.17) is 10.0 Å². The summed E-state index contributed by atoms with van der Waals surface area (Å²) in [5, 5.41) is 10.9. The first kappa shape index (κ1) is 8.85. The predicted octanol–water partition coefficient (Wildman–Crippen LogP) is 2.19. The van der Waals surface area contributed by atoms with Gasteiger partial charge >= 0.3 is 0 Å². The molecule has 3 nitrogen and oxygen atoms in total. The number of nitrogens with zero attached hydrogens (tertiary/aromatic N) is 2. The Morgan fingerprint density at radius 1 is 1.29 bits per heavy atom. The van der Waals surface area contributed by atoms with Crippen molar-refractivity contribution in [3.05, 3.63) is 47.0 Å². The highest BCUT2D eigenvalue weighted by atomic mass is 32.2. The summed E-state index contributed by atoms with van der Waals surface area (Å²) in [6.07, 6.45) is 0. The number of hydrogen-bond acceptors (Lipinski definition) is 3. The summed E-state index contributed by atoms with van der Waals surface area (Å²) in [4.78, 5) is 4.10. The Hall–Kier alpha value is -1.73. The first-order valence-corrected chi connectivity index (χ1v) is 5.30. The van der Waals surface area contributed by atoms with E-state index < -0.39 is 10.7 Å². The molecule has 1 aromatic carbocycles. The first-order valence-electron chi connectivity index (χ1n) is 4.01. The number of rotatable bonds is 1. The van der Waals surface area contributed by atoms with Gasteiger partial charge in [-0.2, -0.15) is 5.26 Å². The zero-order valence-electron chi connectivity index (χ0n) is 7.27. The van der Waals surface area contributed by atoms with Crippen LogP contribution in [0.4, 0.5) is 0 Å². The van der Waals surface area contributed by atoms with Crippen molar-refractivity contribution in [3.8, 4) is 6.07 Å². The van der Waals surface area contributed by atoms with Crippen molar-refractivity contribution in [2.24, 2.45) is 4.99 Å². The molecule has 2 rings (SSSR count). The number of aliphatic imine (C=N–C) groups is 1. The third kappa shape index (κ3) is 1.50. The predicted molar refractivity (Wildman–Crippen MR) is 56.8 cm³/mol. The largest absolute Gasteiger partial charge is 0.270 e. The van der Waals surface area contributed by atoms with Crippen LogP contribution < -0.4 is 0 Å².